The minimum absolute atomic E-state index is 0.459. The number of aliphatic hydroxyl groups is 2. The van der Waals surface area contributed by atoms with Crippen molar-refractivity contribution in [2.24, 2.45) is 0 Å². The Morgan fingerprint density at radius 2 is 2.17 bits per heavy atom. The Bertz CT molecular complexity index is 432. The van der Waals surface area contributed by atoms with E-state index in [1.165, 1.54) is 0 Å². The largest absolute Gasteiger partial charge is 0.389 e. The molecule has 1 aromatic rings. The van der Waals surface area contributed by atoms with Gasteiger partial charge in [-0.1, -0.05) is 6.07 Å². The van der Waals surface area contributed by atoms with Gasteiger partial charge in [0.1, 0.15) is 0 Å². The Labute approximate surface area is 117 Å². The number of anilines is 1. The van der Waals surface area contributed by atoms with Crippen LogP contribution >= 0.6 is 15.9 Å². The van der Waals surface area contributed by atoms with Crippen molar-refractivity contribution in [3.63, 3.8) is 0 Å². The standard InChI is InChI=1S/C14H20BrNO2/c1-10(17)11-4-5-13(12(15)8-11)16-7-3-6-14(2,18)9-16/h4-5,8,10,17-18H,3,6-7,9H2,1-2H3/t10-,14?/m0/s1. The smallest absolute Gasteiger partial charge is 0.0794 e. The zero-order valence-electron chi connectivity index (χ0n) is 10.9. The molecule has 1 aliphatic rings. The maximum Gasteiger partial charge on any atom is 0.0794 e. The summed E-state index contributed by atoms with van der Waals surface area (Å²) in [5.41, 5.74) is 1.37. The highest BCUT2D eigenvalue weighted by Crippen LogP contribution is 2.33. The molecule has 100 valence electrons. The first-order chi connectivity index (χ1) is 8.39. The van der Waals surface area contributed by atoms with Gasteiger partial charge in [0.05, 0.1) is 17.4 Å². The predicted octanol–water partition coefficient (Wildman–Crippen LogP) is 2.85. The summed E-state index contributed by atoms with van der Waals surface area (Å²) in [5, 5.41) is 19.7. The minimum Gasteiger partial charge on any atom is -0.389 e. The Hall–Kier alpha value is -0.580. The van der Waals surface area contributed by atoms with Gasteiger partial charge >= 0.3 is 0 Å². The van der Waals surface area contributed by atoms with Crippen molar-refractivity contribution in [1.29, 1.82) is 0 Å². The molecule has 1 aliphatic heterocycles. The molecule has 1 unspecified atom stereocenters. The van der Waals surface area contributed by atoms with E-state index >= 15 is 0 Å². The van der Waals surface area contributed by atoms with E-state index in [9.17, 15) is 10.2 Å². The second-order valence-electron chi connectivity index (χ2n) is 5.41. The number of piperidine rings is 1. The molecule has 0 bridgehead atoms. The number of hydrogen-bond acceptors (Lipinski definition) is 3. The second kappa shape index (κ2) is 5.19. The average Bonchev–Trinajstić information content (AvgIpc) is 2.27. The van der Waals surface area contributed by atoms with Crippen LogP contribution in [0.25, 0.3) is 0 Å². The third kappa shape index (κ3) is 3.05. The number of aliphatic hydroxyl groups excluding tert-OH is 1. The molecule has 2 rings (SSSR count). The van der Waals surface area contributed by atoms with Crippen LogP contribution in [0.2, 0.25) is 0 Å². The number of rotatable bonds is 2. The molecule has 0 aromatic heterocycles. The highest BCUT2D eigenvalue weighted by atomic mass is 79.9. The van der Waals surface area contributed by atoms with Gasteiger partial charge in [-0.05, 0) is 60.3 Å². The van der Waals surface area contributed by atoms with E-state index in [0.717, 1.165) is 35.1 Å². The van der Waals surface area contributed by atoms with Gasteiger partial charge < -0.3 is 15.1 Å². The van der Waals surface area contributed by atoms with Crippen molar-refractivity contribution in [3.8, 4) is 0 Å². The molecule has 3 nitrogen and oxygen atoms in total. The molecule has 0 radical (unpaired) electrons. The van der Waals surface area contributed by atoms with Crippen molar-refractivity contribution < 1.29 is 10.2 Å². The second-order valence-corrected chi connectivity index (χ2v) is 6.26. The van der Waals surface area contributed by atoms with Crippen LogP contribution in [0.5, 0.6) is 0 Å². The molecule has 1 heterocycles. The normalized spacial score (nSPS) is 26.2. The maximum atomic E-state index is 10.1. The molecule has 18 heavy (non-hydrogen) atoms. The molecule has 0 aliphatic carbocycles. The zero-order valence-corrected chi connectivity index (χ0v) is 12.4. The molecule has 1 saturated heterocycles. The summed E-state index contributed by atoms with van der Waals surface area (Å²) < 4.78 is 0.971. The number of nitrogens with zero attached hydrogens (tertiary/aromatic N) is 1. The SMILES string of the molecule is C[C@H](O)c1ccc(N2CCCC(C)(O)C2)c(Br)c1. The summed E-state index contributed by atoms with van der Waals surface area (Å²) >= 11 is 3.55. The third-order valence-corrected chi connectivity index (χ3v) is 4.10. The fourth-order valence-electron chi connectivity index (χ4n) is 2.47. The van der Waals surface area contributed by atoms with Crippen LogP contribution in [0, 0.1) is 0 Å². The van der Waals surface area contributed by atoms with Gasteiger partial charge in [0.2, 0.25) is 0 Å². The van der Waals surface area contributed by atoms with Crippen LogP contribution in [-0.4, -0.2) is 28.9 Å². The highest BCUT2D eigenvalue weighted by molar-refractivity contribution is 9.10. The van der Waals surface area contributed by atoms with Gasteiger partial charge in [0.25, 0.3) is 0 Å². The molecular weight excluding hydrogens is 294 g/mol. The van der Waals surface area contributed by atoms with Crippen molar-refractivity contribution in [2.75, 3.05) is 18.0 Å². The fraction of sp³-hybridized carbons (Fsp3) is 0.571. The summed E-state index contributed by atoms with van der Waals surface area (Å²) in [6.07, 6.45) is 1.39. The molecule has 4 heteroatoms. The summed E-state index contributed by atoms with van der Waals surface area (Å²) in [4.78, 5) is 2.19. The predicted molar refractivity (Wildman–Crippen MR) is 76.8 cm³/mol. The zero-order chi connectivity index (χ0) is 13.3. The van der Waals surface area contributed by atoms with Crippen molar-refractivity contribution in [1.82, 2.24) is 0 Å². The lowest BCUT2D eigenvalue weighted by atomic mass is 9.94. The van der Waals surface area contributed by atoms with E-state index in [1.807, 2.05) is 25.1 Å². The van der Waals surface area contributed by atoms with E-state index in [-0.39, 0.29) is 0 Å². The lowest BCUT2D eigenvalue weighted by Gasteiger charge is -2.38. The fourth-order valence-corrected chi connectivity index (χ4v) is 3.11. The summed E-state index contributed by atoms with van der Waals surface area (Å²) in [6.45, 7) is 5.26. The monoisotopic (exact) mass is 313 g/mol. The van der Waals surface area contributed by atoms with Gasteiger partial charge in [0, 0.05) is 17.6 Å². The molecule has 1 aromatic carbocycles. The highest BCUT2D eigenvalue weighted by Gasteiger charge is 2.29. The van der Waals surface area contributed by atoms with Crippen LogP contribution in [0.3, 0.4) is 0 Å². The van der Waals surface area contributed by atoms with E-state index in [1.54, 1.807) is 6.92 Å². The average molecular weight is 314 g/mol. The Morgan fingerprint density at radius 3 is 2.72 bits per heavy atom. The topological polar surface area (TPSA) is 43.7 Å². The first-order valence-electron chi connectivity index (χ1n) is 6.34. The summed E-state index contributed by atoms with van der Waals surface area (Å²) in [6, 6.07) is 5.89. The van der Waals surface area contributed by atoms with Gasteiger partial charge in [-0.2, -0.15) is 0 Å². The molecule has 1 fully saturated rings. The molecule has 2 N–H and O–H groups in total. The van der Waals surface area contributed by atoms with E-state index in [2.05, 4.69) is 20.8 Å². The minimum atomic E-state index is -0.610. The first-order valence-corrected chi connectivity index (χ1v) is 7.13. The maximum absolute atomic E-state index is 10.1. The molecule has 0 amide bonds. The van der Waals surface area contributed by atoms with E-state index < -0.39 is 11.7 Å². The number of β-amino-alcohol motifs (C(OH)–C–C–N with tert-alkyl or cyclic N) is 1. The lowest BCUT2D eigenvalue weighted by molar-refractivity contribution is 0.0449. The number of benzene rings is 1. The number of hydrogen-bond donors (Lipinski definition) is 2. The Morgan fingerprint density at radius 1 is 1.44 bits per heavy atom. The first kappa shape index (κ1) is 13.8. The van der Waals surface area contributed by atoms with Gasteiger partial charge in [-0.15, -0.1) is 0 Å². The van der Waals surface area contributed by atoms with Crippen LogP contribution in [0.15, 0.2) is 22.7 Å². The lowest BCUT2D eigenvalue weighted by Crippen LogP contribution is -2.46. The van der Waals surface area contributed by atoms with Crippen LogP contribution in [-0.2, 0) is 0 Å². The third-order valence-electron chi connectivity index (χ3n) is 3.47. The molecule has 0 spiro atoms. The number of halogens is 1. The molecular formula is C14H20BrNO2. The van der Waals surface area contributed by atoms with Crippen LogP contribution in [0.4, 0.5) is 5.69 Å². The molecule has 0 saturated carbocycles. The summed E-state index contributed by atoms with van der Waals surface area (Å²) in [5.74, 6) is 0. The van der Waals surface area contributed by atoms with Crippen molar-refractivity contribution in [2.45, 2.75) is 38.4 Å². The van der Waals surface area contributed by atoms with Crippen molar-refractivity contribution in [3.05, 3.63) is 28.2 Å². The van der Waals surface area contributed by atoms with Crippen LogP contribution < -0.4 is 4.90 Å². The van der Waals surface area contributed by atoms with Crippen LogP contribution in [0.1, 0.15) is 38.4 Å². The van der Waals surface area contributed by atoms with Gasteiger partial charge in [-0.25, -0.2) is 0 Å². The Kier molecular flexibility index (Phi) is 3.99. The van der Waals surface area contributed by atoms with E-state index in [0.29, 0.717) is 6.54 Å². The molecule has 2 atom stereocenters. The van der Waals surface area contributed by atoms with Gasteiger partial charge in [-0.3, -0.25) is 0 Å². The van der Waals surface area contributed by atoms with Gasteiger partial charge in [0.15, 0.2) is 0 Å². The van der Waals surface area contributed by atoms with Crippen molar-refractivity contribution >= 4 is 21.6 Å². The Balaban J connectivity index is 2.23. The quantitative estimate of drug-likeness (QED) is 0.882. The summed E-state index contributed by atoms with van der Waals surface area (Å²) in [7, 11) is 0. The van der Waals surface area contributed by atoms with E-state index in [4.69, 9.17) is 0 Å².